The molecule has 152 valence electrons. The molecule has 0 radical (unpaired) electrons. The van der Waals surface area contributed by atoms with Crippen LogP contribution in [0.5, 0.6) is 0 Å². The van der Waals surface area contributed by atoms with E-state index in [1.165, 1.54) is 11.9 Å². The molecule has 2 aliphatic rings. The molecule has 0 saturated carbocycles. The van der Waals surface area contributed by atoms with Crippen LogP contribution in [-0.2, 0) is 29.4 Å². The van der Waals surface area contributed by atoms with Crippen molar-refractivity contribution in [2.75, 3.05) is 14.2 Å². The fourth-order valence-corrected chi connectivity index (χ4v) is 4.06. The number of hydrogen-bond acceptors (Lipinski definition) is 6. The van der Waals surface area contributed by atoms with Crippen molar-refractivity contribution in [2.24, 2.45) is 13.0 Å². The van der Waals surface area contributed by atoms with Crippen molar-refractivity contribution in [2.45, 2.75) is 25.7 Å². The molecule has 1 atom stereocenters. The first kappa shape index (κ1) is 19.0. The third kappa shape index (κ3) is 3.43. The lowest BCUT2D eigenvalue weighted by Crippen LogP contribution is -2.16. The number of fused-ring (bicyclic) bond motifs is 1. The van der Waals surface area contributed by atoms with Gasteiger partial charge in [0.25, 0.3) is 0 Å². The normalized spacial score (nSPS) is 18.9. The highest BCUT2D eigenvalue weighted by Crippen LogP contribution is 2.38. The fraction of sp³-hybridized carbons (Fsp3) is 0.400. The maximum absolute atomic E-state index is 11.4. The van der Waals surface area contributed by atoms with Crippen molar-refractivity contribution in [3.05, 3.63) is 63.0 Å². The molecule has 2 heterocycles. The van der Waals surface area contributed by atoms with Gasteiger partial charge in [0.2, 0.25) is 6.33 Å². The van der Waals surface area contributed by atoms with Gasteiger partial charge in [0.15, 0.2) is 5.69 Å². The Bertz CT molecular complexity index is 1040. The number of nitrogens with zero attached hydrogens (tertiary/aromatic N) is 4. The summed E-state index contributed by atoms with van der Waals surface area (Å²) in [6.07, 6.45) is 10.8. The third-order valence-electron chi connectivity index (χ3n) is 5.58. The van der Waals surface area contributed by atoms with Gasteiger partial charge in [-0.1, -0.05) is 6.08 Å². The van der Waals surface area contributed by atoms with Crippen LogP contribution in [0.15, 0.2) is 41.6 Å². The zero-order chi connectivity index (χ0) is 20.5. The van der Waals surface area contributed by atoms with Crippen molar-refractivity contribution < 1.29 is 14.4 Å². The summed E-state index contributed by atoms with van der Waals surface area (Å²) in [5.74, 6) is 1.78. The maximum Gasteiger partial charge on any atom is 0.391 e. The number of aromatic amines is 1. The first-order valence-electron chi connectivity index (χ1n) is 9.44. The summed E-state index contributed by atoms with van der Waals surface area (Å²) >= 11 is 0. The smallest absolute Gasteiger partial charge is 0.391 e. The second-order valence-electron chi connectivity index (χ2n) is 7.23. The summed E-state index contributed by atoms with van der Waals surface area (Å²) in [7, 11) is 5.06. The van der Waals surface area contributed by atoms with Gasteiger partial charge in [0.05, 0.1) is 14.2 Å². The molecule has 2 aliphatic carbocycles. The Balaban J connectivity index is 1.63. The van der Waals surface area contributed by atoms with Gasteiger partial charge in [-0.3, -0.25) is 5.10 Å². The number of nitro groups is 1. The SMILES string of the molecule is COC1=CC(C2CCc3c(-c4c([N+](=O)[O-])ncn4C)n[nH]c3C2)=CCC(OC)=C1. The van der Waals surface area contributed by atoms with Gasteiger partial charge >= 0.3 is 5.82 Å². The van der Waals surface area contributed by atoms with Crippen LogP contribution in [0.1, 0.15) is 24.1 Å². The molecular formula is C20H23N5O4. The van der Waals surface area contributed by atoms with Crippen LogP contribution in [0, 0.1) is 16.0 Å². The summed E-state index contributed by atoms with van der Waals surface area (Å²) in [4.78, 5) is 14.8. The molecule has 0 spiro atoms. The van der Waals surface area contributed by atoms with Gasteiger partial charge in [0.1, 0.15) is 17.2 Å². The zero-order valence-corrected chi connectivity index (χ0v) is 16.6. The average molecular weight is 397 g/mol. The Kier molecular flexibility index (Phi) is 4.96. The number of imidazole rings is 1. The number of H-pyrrole nitrogens is 1. The van der Waals surface area contributed by atoms with E-state index in [1.807, 2.05) is 6.08 Å². The Labute approximate surface area is 167 Å². The summed E-state index contributed by atoms with van der Waals surface area (Å²) < 4.78 is 12.5. The van der Waals surface area contributed by atoms with Crippen LogP contribution in [0.2, 0.25) is 0 Å². The van der Waals surface area contributed by atoms with Crippen molar-refractivity contribution in [3.8, 4) is 11.4 Å². The number of rotatable bonds is 5. The van der Waals surface area contributed by atoms with Gasteiger partial charge in [-0.2, -0.15) is 5.10 Å². The molecule has 2 aromatic heterocycles. The lowest BCUT2D eigenvalue weighted by Gasteiger charge is -2.23. The van der Waals surface area contributed by atoms with Crippen molar-refractivity contribution in [1.29, 1.82) is 0 Å². The van der Waals surface area contributed by atoms with Crippen molar-refractivity contribution in [1.82, 2.24) is 19.7 Å². The monoisotopic (exact) mass is 397 g/mol. The molecule has 0 saturated heterocycles. The summed E-state index contributed by atoms with van der Waals surface area (Å²) in [6, 6.07) is 0. The van der Waals surface area contributed by atoms with Gasteiger partial charge in [-0.05, 0) is 46.7 Å². The van der Waals surface area contributed by atoms with Gasteiger partial charge in [-0.25, -0.2) is 0 Å². The van der Waals surface area contributed by atoms with Crippen LogP contribution >= 0.6 is 0 Å². The predicted octanol–water partition coefficient (Wildman–Crippen LogP) is 3.21. The topological polar surface area (TPSA) is 108 Å². The number of aromatic nitrogens is 4. The standard InChI is InChI=1S/C20H23N5O4/c1-24-11-21-20(25(26)27)19(24)18-16-7-5-13(9-17(16)22-23-18)12-4-6-14(28-2)10-15(8-12)29-3/h4,8,10-11,13H,5-7,9H2,1-3H3,(H,22,23). The van der Waals surface area contributed by atoms with E-state index in [1.54, 1.807) is 25.8 Å². The molecule has 0 aliphatic heterocycles. The van der Waals surface area contributed by atoms with Crippen LogP contribution in [0.3, 0.4) is 0 Å². The van der Waals surface area contributed by atoms with E-state index >= 15 is 0 Å². The molecule has 1 unspecified atom stereocenters. The number of ether oxygens (including phenoxy) is 2. The maximum atomic E-state index is 11.4. The number of allylic oxidation sites excluding steroid dienone is 4. The molecular weight excluding hydrogens is 374 g/mol. The van der Waals surface area contributed by atoms with E-state index in [-0.39, 0.29) is 5.82 Å². The van der Waals surface area contributed by atoms with Gasteiger partial charge in [0, 0.05) is 30.8 Å². The third-order valence-corrected chi connectivity index (χ3v) is 5.58. The number of hydrogen-bond donors (Lipinski definition) is 1. The first-order valence-corrected chi connectivity index (χ1v) is 9.44. The number of methoxy groups -OCH3 is 2. The predicted molar refractivity (Wildman–Crippen MR) is 106 cm³/mol. The van der Waals surface area contributed by atoms with Crippen LogP contribution in [-0.4, -0.2) is 38.9 Å². The Morgan fingerprint density at radius 2 is 2.14 bits per heavy atom. The summed E-state index contributed by atoms with van der Waals surface area (Å²) in [5, 5.41) is 18.9. The molecule has 29 heavy (non-hydrogen) atoms. The first-order chi connectivity index (χ1) is 14.0. The van der Waals surface area contributed by atoms with Crippen LogP contribution < -0.4 is 0 Å². The minimum Gasteiger partial charge on any atom is -0.501 e. The highest BCUT2D eigenvalue weighted by Gasteiger charge is 2.31. The summed E-state index contributed by atoms with van der Waals surface area (Å²) in [6.45, 7) is 0. The lowest BCUT2D eigenvalue weighted by molar-refractivity contribution is -0.388. The molecule has 0 bridgehead atoms. The number of nitrogens with one attached hydrogen (secondary N) is 1. The molecule has 1 N–H and O–H groups in total. The Hall–Kier alpha value is -3.36. The van der Waals surface area contributed by atoms with Gasteiger partial charge in [-0.15, -0.1) is 0 Å². The average Bonchev–Trinajstić information content (AvgIpc) is 3.23. The number of aryl methyl sites for hydroxylation is 1. The second-order valence-corrected chi connectivity index (χ2v) is 7.23. The molecule has 9 nitrogen and oxygen atoms in total. The molecule has 0 amide bonds. The highest BCUT2D eigenvalue weighted by atomic mass is 16.6. The van der Waals surface area contributed by atoms with E-state index in [2.05, 4.69) is 27.3 Å². The second kappa shape index (κ2) is 7.57. The van der Waals surface area contributed by atoms with Gasteiger partial charge < -0.3 is 24.2 Å². The minimum atomic E-state index is -0.462. The summed E-state index contributed by atoms with van der Waals surface area (Å²) in [5.41, 5.74) is 4.32. The Morgan fingerprint density at radius 1 is 1.31 bits per heavy atom. The zero-order valence-electron chi connectivity index (χ0n) is 16.6. The van der Waals surface area contributed by atoms with Crippen LogP contribution in [0.25, 0.3) is 11.4 Å². The fourth-order valence-electron chi connectivity index (χ4n) is 4.06. The van der Waals surface area contributed by atoms with E-state index in [9.17, 15) is 10.1 Å². The van der Waals surface area contributed by atoms with E-state index < -0.39 is 4.92 Å². The molecule has 2 aromatic rings. The molecule has 4 rings (SSSR count). The molecule has 0 fully saturated rings. The largest absolute Gasteiger partial charge is 0.501 e. The van der Waals surface area contributed by atoms with E-state index in [0.717, 1.165) is 42.0 Å². The van der Waals surface area contributed by atoms with E-state index in [4.69, 9.17) is 9.47 Å². The Morgan fingerprint density at radius 3 is 2.86 bits per heavy atom. The molecule has 9 heteroatoms. The molecule has 0 aromatic carbocycles. The van der Waals surface area contributed by atoms with Crippen molar-refractivity contribution >= 4 is 5.82 Å². The van der Waals surface area contributed by atoms with Crippen molar-refractivity contribution in [3.63, 3.8) is 0 Å². The lowest BCUT2D eigenvalue weighted by atomic mass is 9.81. The highest BCUT2D eigenvalue weighted by molar-refractivity contribution is 5.68. The minimum absolute atomic E-state index is 0.166. The quantitative estimate of drug-likeness (QED) is 0.613. The van der Waals surface area contributed by atoms with E-state index in [0.29, 0.717) is 23.7 Å². The van der Waals surface area contributed by atoms with Crippen LogP contribution in [0.4, 0.5) is 5.82 Å².